The lowest BCUT2D eigenvalue weighted by atomic mass is 10.2. The van der Waals surface area contributed by atoms with Crippen LogP contribution in [0.15, 0.2) is 36.5 Å². The molecule has 2 aromatic rings. The number of pyridine rings is 1. The fourth-order valence-electron chi connectivity index (χ4n) is 2.36. The lowest BCUT2D eigenvalue weighted by Gasteiger charge is -2.12. The van der Waals surface area contributed by atoms with Gasteiger partial charge in [0.2, 0.25) is 17.7 Å². The summed E-state index contributed by atoms with van der Waals surface area (Å²) in [6, 6.07) is 8.66. The molecule has 2 N–H and O–H groups in total. The lowest BCUT2D eigenvalue weighted by molar-refractivity contribution is -0.126. The second kappa shape index (κ2) is 10.5. The van der Waals surface area contributed by atoms with Crippen molar-refractivity contribution in [3.8, 4) is 11.6 Å². The van der Waals surface area contributed by atoms with Crippen LogP contribution >= 0.6 is 11.6 Å². The Balaban J connectivity index is 1.96. The number of hydrogen-bond acceptors (Lipinski definition) is 4. The van der Waals surface area contributed by atoms with E-state index in [0.717, 1.165) is 24.8 Å². The molecule has 0 aliphatic heterocycles. The van der Waals surface area contributed by atoms with E-state index >= 15 is 0 Å². The third kappa shape index (κ3) is 6.90. The molecule has 0 aliphatic rings. The number of carbonyl (C=O) groups is 2. The number of nitrogens with zero attached hydrogens (tertiary/aromatic N) is 1. The SMILES string of the molecule is CCCCCNC(=O)CC(=O)Nc1ccccc1Oc1ncc(C)cc1Cl. The molecule has 0 atom stereocenters. The van der Waals surface area contributed by atoms with Crippen molar-refractivity contribution in [2.24, 2.45) is 0 Å². The van der Waals surface area contributed by atoms with Crippen LogP contribution in [-0.4, -0.2) is 23.3 Å². The minimum atomic E-state index is -0.415. The summed E-state index contributed by atoms with van der Waals surface area (Å²) in [7, 11) is 0. The minimum absolute atomic E-state index is 0.246. The number of ether oxygens (including phenoxy) is 1. The maximum atomic E-state index is 12.2. The summed E-state index contributed by atoms with van der Waals surface area (Å²) in [5.74, 6) is -0.0719. The van der Waals surface area contributed by atoms with E-state index in [9.17, 15) is 9.59 Å². The van der Waals surface area contributed by atoms with Gasteiger partial charge in [0.1, 0.15) is 11.4 Å². The van der Waals surface area contributed by atoms with Gasteiger partial charge in [-0.15, -0.1) is 0 Å². The van der Waals surface area contributed by atoms with Crippen molar-refractivity contribution in [3.63, 3.8) is 0 Å². The van der Waals surface area contributed by atoms with Crippen LogP contribution in [0.1, 0.15) is 38.2 Å². The van der Waals surface area contributed by atoms with Gasteiger partial charge in [-0.05, 0) is 37.1 Å². The van der Waals surface area contributed by atoms with E-state index in [-0.39, 0.29) is 18.2 Å². The van der Waals surface area contributed by atoms with Crippen LogP contribution in [0.3, 0.4) is 0 Å². The number of aromatic nitrogens is 1. The highest BCUT2D eigenvalue weighted by atomic mass is 35.5. The Morgan fingerprint density at radius 3 is 2.70 bits per heavy atom. The molecule has 1 heterocycles. The molecule has 7 heteroatoms. The van der Waals surface area contributed by atoms with Crippen LogP contribution in [0, 0.1) is 6.92 Å². The van der Waals surface area contributed by atoms with Gasteiger partial charge in [0.05, 0.1) is 5.69 Å². The summed E-state index contributed by atoms with van der Waals surface area (Å²) in [5, 5.41) is 5.82. The Labute approximate surface area is 164 Å². The van der Waals surface area contributed by atoms with Crippen molar-refractivity contribution in [1.82, 2.24) is 10.3 Å². The lowest BCUT2D eigenvalue weighted by Crippen LogP contribution is -2.28. The number of anilines is 1. The number of benzene rings is 1. The van der Waals surface area contributed by atoms with Gasteiger partial charge < -0.3 is 15.4 Å². The molecule has 6 nitrogen and oxygen atoms in total. The molecule has 2 rings (SSSR count). The normalized spacial score (nSPS) is 10.3. The third-order valence-corrected chi connectivity index (χ3v) is 4.01. The standard InChI is InChI=1S/C20H24ClN3O3/c1-3-4-7-10-22-18(25)12-19(26)24-16-8-5-6-9-17(16)27-20-15(21)11-14(2)13-23-20/h5-6,8-9,11,13H,3-4,7,10,12H2,1-2H3,(H,22,25)(H,24,26). The molecule has 0 aliphatic carbocycles. The molecule has 0 saturated heterocycles. The molecule has 0 bridgehead atoms. The van der Waals surface area contributed by atoms with Crippen molar-refractivity contribution in [2.75, 3.05) is 11.9 Å². The molecule has 0 radical (unpaired) electrons. The van der Waals surface area contributed by atoms with Crippen molar-refractivity contribution in [2.45, 2.75) is 39.5 Å². The average molecular weight is 390 g/mol. The molecule has 144 valence electrons. The van der Waals surface area contributed by atoms with E-state index in [1.807, 2.05) is 6.92 Å². The molecule has 0 unspecified atom stereocenters. The van der Waals surface area contributed by atoms with Gasteiger partial charge in [-0.25, -0.2) is 4.98 Å². The topological polar surface area (TPSA) is 80.3 Å². The monoisotopic (exact) mass is 389 g/mol. The van der Waals surface area contributed by atoms with Crippen LogP contribution < -0.4 is 15.4 Å². The first-order valence-corrected chi connectivity index (χ1v) is 9.33. The van der Waals surface area contributed by atoms with Gasteiger partial charge in [0.15, 0.2) is 5.75 Å². The summed E-state index contributed by atoms with van der Waals surface area (Å²) in [6.45, 7) is 4.55. The Kier molecular flexibility index (Phi) is 8.07. The highest BCUT2D eigenvalue weighted by Crippen LogP contribution is 2.32. The quantitative estimate of drug-likeness (QED) is 0.489. The number of rotatable bonds is 9. The molecule has 1 aromatic heterocycles. The maximum Gasteiger partial charge on any atom is 0.238 e. The number of unbranched alkanes of at least 4 members (excludes halogenated alkanes) is 2. The Bertz CT molecular complexity index is 796. The van der Waals surface area contributed by atoms with Gasteiger partial charge in [-0.1, -0.05) is 43.5 Å². The molecule has 2 amide bonds. The molecular formula is C20H24ClN3O3. The highest BCUT2D eigenvalue weighted by Gasteiger charge is 2.13. The second-order valence-corrected chi connectivity index (χ2v) is 6.59. The number of hydrogen-bond donors (Lipinski definition) is 2. The van der Waals surface area contributed by atoms with Gasteiger partial charge >= 0.3 is 0 Å². The average Bonchev–Trinajstić information content (AvgIpc) is 2.62. The van der Waals surface area contributed by atoms with Crippen LogP contribution in [0.5, 0.6) is 11.6 Å². The van der Waals surface area contributed by atoms with Crippen molar-refractivity contribution in [3.05, 3.63) is 47.1 Å². The zero-order valence-corrected chi connectivity index (χ0v) is 16.3. The number of carbonyl (C=O) groups excluding carboxylic acids is 2. The summed E-state index contributed by atoms with van der Waals surface area (Å²) < 4.78 is 5.73. The zero-order chi connectivity index (χ0) is 19.6. The van der Waals surface area contributed by atoms with Crippen molar-refractivity contribution >= 4 is 29.1 Å². The summed E-state index contributed by atoms with van der Waals surface area (Å²) >= 11 is 6.15. The van der Waals surface area contributed by atoms with Crippen LogP contribution in [0.2, 0.25) is 5.02 Å². The van der Waals surface area contributed by atoms with E-state index in [2.05, 4.69) is 22.5 Å². The first-order valence-electron chi connectivity index (χ1n) is 8.95. The number of amides is 2. The summed E-state index contributed by atoms with van der Waals surface area (Å²) in [6.07, 6.45) is 4.43. The summed E-state index contributed by atoms with van der Waals surface area (Å²) in [5.41, 5.74) is 1.36. The Hall–Kier alpha value is -2.60. The second-order valence-electron chi connectivity index (χ2n) is 6.18. The van der Waals surface area contributed by atoms with Gasteiger partial charge in [0, 0.05) is 12.7 Å². The molecule has 0 saturated carbocycles. The molecule has 1 aromatic carbocycles. The number of nitrogens with one attached hydrogen (secondary N) is 2. The van der Waals surface area contributed by atoms with Crippen LogP contribution in [0.4, 0.5) is 5.69 Å². The molecule has 0 spiro atoms. The minimum Gasteiger partial charge on any atom is -0.435 e. The van der Waals surface area contributed by atoms with Gasteiger partial charge in [-0.3, -0.25) is 9.59 Å². The summed E-state index contributed by atoms with van der Waals surface area (Å²) in [4.78, 5) is 28.1. The predicted molar refractivity (Wildman–Crippen MR) is 106 cm³/mol. The fourth-order valence-corrected chi connectivity index (χ4v) is 2.62. The Morgan fingerprint density at radius 1 is 1.19 bits per heavy atom. The van der Waals surface area contributed by atoms with Crippen molar-refractivity contribution < 1.29 is 14.3 Å². The number of halogens is 1. The first kappa shape index (κ1) is 20.7. The first-order chi connectivity index (χ1) is 13.0. The van der Waals surface area contributed by atoms with E-state index in [0.29, 0.717) is 23.0 Å². The van der Waals surface area contributed by atoms with E-state index in [1.54, 1.807) is 36.5 Å². The van der Waals surface area contributed by atoms with Crippen LogP contribution in [0.25, 0.3) is 0 Å². The van der Waals surface area contributed by atoms with Crippen LogP contribution in [-0.2, 0) is 9.59 Å². The maximum absolute atomic E-state index is 12.2. The predicted octanol–water partition coefficient (Wildman–Crippen LogP) is 4.47. The molecular weight excluding hydrogens is 366 g/mol. The molecule has 27 heavy (non-hydrogen) atoms. The molecule has 0 fully saturated rings. The van der Waals surface area contributed by atoms with Crippen molar-refractivity contribution in [1.29, 1.82) is 0 Å². The van der Waals surface area contributed by atoms with Gasteiger partial charge in [-0.2, -0.15) is 0 Å². The zero-order valence-electron chi connectivity index (χ0n) is 15.5. The smallest absolute Gasteiger partial charge is 0.238 e. The third-order valence-electron chi connectivity index (χ3n) is 3.74. The number of para-hydroxylation sites is 2. The fraction of sp³-hybridized carbons (Fsp3) is 0.350. The Morgan fingerprint density at radius 2 is 1.96 bits per heavy atom. The van der Waals surface area contributed by atoms with E-state index in [1.165, 1.54) is 0 Å². The largest absolute Gasteiger partial charge is 0.435 e. The van der Waals surface area contributed by atoms with E-state index in [4.69, 9.17) is 16.3 Å². The van der Waals surface area contributed by atoms with E-state index < -0.39 is 5.91 Å². The number of aryl methyl sites for hydroxylation is 1. The van der Waals surface area contributed by atoms with Gasteiger partial charge in [0.25, 0.3) is 0 Å². The highest BCUT2D eigenvalue weighted by molar-refractivity contribution is 6.31.